The first kappa shape index (κ1) is 26.7. The quantitative estimate of drug-likeness (QED) is 0.525. The highest BCUT2D eigenvalue weighted by molar-refractivity contribution is 6.34. The highest BCUT2D eigenvalue weighted by Crippen LogP contribution is 2.31. The Bertz CT molecular complexity index is 1140. The minimum absolute atomic E-state index is 0.0767. The number of amides is 4. The fraction of sp³-hybridized carbons (Fsp3) is 0.423. The van der Waals surface area contributed by atoms with E-state index in [0.29, 0.717) is 30.1 Å². The summed E-state index contributed by atoms with van der Waals surface area (Å²) < 4.78 is 5.39. The lowest BCUT2D eigenvalue weighted by Gasteiger charge is -2.30. The number of nitrogens with one attached hydrogen (secondary N) is 2. The number of piperazine rings is 1. The molecule has 2 aromatic carbocycles. The van der Waals surface area contributed by atoms with E-state index in [-0.39, 0.29) is 61.8 Å². The average Bonchev–Trinajstić information content (AvgIpc) is 3.07. The Kier molecular flexibility index (Phi) is 8.86. The van der Waals surface area contributed by atoms with E-state index in [4.69, 9.17) is 21.4 Å². The molecule has 10 nitrogen and oxygen atoms in total. The van der Waals surface area contributed by atoms with Crippen LogP contribution in [0.15, 0.2) is 42.5 Å². The molecule has 11 heteroatoms. The van der Waals surface area contributed by atoms with E-state index in [1.165, 1.54) is 0 Å². The second-order valence-electron chi connectivity index (χ2n) is 9.02. The maximum Gasteiger partial charge on any atom is 0.318 e. The number of hydrogen-bond donors (Lipinski definition) is 3. The Morgan fingerprint density at radius 3 is 2.65 bits per heavy atom. The molecular weight excluding hydrogens is 498 g/mol. The van der Waals surface area contributed by atoms with E-state index in [0.717, 1.165) is 18.7 Å². The molecule has 0 aliphatic carbocycles. The third-order valence-corrected chi connectivity index (χ3v) is 6.81. The van der Waals surface area contributed by atoms with Crippen molar-refractivity contribution >= 4 is 35.1 Å². The van der Waals surface area contributed by atoms with Crippen molar-refractivity contribution in [1.82, 2.24) is 20.4 Å². The van der Waals surface area contributed by atoms with E-state index >= 15 is 0 Å². The zero-order valence-corrected chi connectivity index (χ0v) is 21.5. The summed E-state index contributed by atoms with van der Waals surface area (Å²) in [6, 6.07) is 11.5. The first-order valence-corrected chi connectivity index (χ1v) is 12.7. The van der Waals surface area contributed by atoms with Crippen molar-refractivity contribution in [3.8, 4) is 5.75 Å². The molecule has 1 fully saturated rings. The molecule has 4 rings (SSSR count). The van der Waals surface area contributed by atoms with Gasteiger partial charge in [0.25, 0.3) is 5.91 Å². The second-order valence-corrected chi connectivity index (χ2v) is 9.43. The van der Waals surface area contributed by atoms with Crippen molar-refractivity contribution in [2.75, 3.05) is 57.4 Å². The topological polar surface area (TPSA) is 114 Å². The largest absolute Gasteiger partial charge is 0.491 e. The fourth-order valence-corrected chi connectivity index (χ4v) is 4.77. The molecule has 2 aliphatic rings. The van der Waals surface area contributed by atoms with E-state index in [9.17, 15) is 14.4 Å². The minimum atomic E-state index is -0.358. The van der Waals surface area contributed by atoms with Gasteiger partial charge in [0.1, 0.15) is 12.4 Å². The monoisotopic (exact) mass is 529 g/mol. The summed E-state index contributed by atoms with van der Waals surface area (Å²) in [7, 11) is 0. The lowest BCUT2D eigenvalue weighted by molar-refractivity contribution is -0.130. The van der Waals surface area contributed by atoms with Gasteiger partial charge in [0.2, 0.25) is 5.91 Å². The molecule has 0 saturated carbocycles. The van der Waals surface area contributed by atoms with Gasteiger partial charge in [-0.15, -0.1) is 0 Å². The summed E-state index contributed by atoms with van der Waals surface area (Å²) >= 11 is 6.44. The fourth-order valence-electron chi connectivity index (χ4n) is 4.52. The second kappa shape index (κ2) is 12.3. The number of aliphatic hydroxyl groups excluding tert-OH is 1. The number of aliphatic hydroxyl groups is 1. The summed E-state index contributed by atoms with van der Waals surface area (Å²) in [6.45, 7) is 5.05. The number of carbonyl (C=O) groups is 3. The predicted molar refractivity (Wildman–Crippen MR) is 140 cm³/mol. The van der Waals surface area contributed by atoms with Gasteiger partial charge < -0.3 is 35.2 Å². The van der Waals surface area contributed by atoms with Gasteiger partial charge in [-0.25, -0.2) is 4.79 Å². The molecule has 37 heavy (non-hydrogen) atoms. The molecule has 2 aromatic rings. The highest BCUT2D eigenvalue weighted by Gasteiger charge is 2.32. The zero-order chi connectivity index (χ0) is 26.4. The summed E-state index contributed by atoms with van der Waals surface area (Å²) in [5.74, 6) is 0.0446. The van der Waals surface area contributed by atoms with Crippen LogP contribution < -0.4 is 20.3 Å². The highest BCUT2D eigenvalue weighted by atomic mass is 35.5. The normalized spacial score (nSPS) is 17.6. The summed E-state index contributed by atoms with van der Waals surface area (Å²) in [6.07, 6.45) is 0. The number of rotatable bonds is 6. The van der Waals surface area contributed by atoms with Crippen LogP contribution in [0.4, 0.5) is 10.5 Å². The average molecular weight is 530 g/mol. The standard InChI is InChI=1S/C26H32ClN5O5/c1-18-16-32(25(35)21-7-6-20(14-22(21)27)37-13-12-33)23-5-3-2-4-19(23)17-31(18)26(36)29-15-24(34)30-10-8-28-9-11-30/h2-7,14,18,28,33H,8-13,15-17H2,1H3,(H,29,36)/t18-/m1/s1. The van der Waals surface area contributed by atoms with Gasteiger partial charge in [-0.2, -0.15) is 0 Å². The van der Waals surface area contributed by atoms with Crippen LogP contribution in [0.5, 0.6) is 5.75 Å². The van der Waals surface area contributed by atoms with Gasteiger partial charge in [0.05, 0.1) is 23.7 Å². The summed E-state index contributed by atoms with van der Waals surface area (Å²) in [5.41, 5.74) is 1.81. The maximum atomic E-state index is 13.7. The number of fused-ring (bicyclic) bond motifs is 1. The van der Waals surface area contributed by atoms with Crippen LogP contribution in [0.2, 0.25) is 5.02 Å². The van der Waals surface area contributed by atoms with Gasteiger partial charge in [0, 0.05) is 51.0 Å². The molecule has 4 amide bonds. The zero-order valence-electron chi connectivity index (χ0n) is 20.8. The van der Waals surface area contributed by atoms with Gasteiger partial charge in [0.15, 0.2) is 0 Å². The van der Waals surface area contributed by atoms with E-state index in [1.807, 2.05) is 31.2 Å². The van der Waals surface area contributed by atoms with Crippen LogP contribution in [0.3, 0.4) is 0 Å². The number of ether oxygens (including phenoxy) is 1. The number of carbonyl (C=O) groups excluding carboxylic acids is 3. The molecule has 1 atom stereocenters. The molecule has 0 bridgehead atoms. The molecule has 3 N–H and O–H groups in total. The summed E-state index contributed by atoms with van der Waals surface area (Å²) in [5, 5.41) is 15.2. The number of nitrogens with zero attached hydrogens (tertiary/aromatic N) is 3. The number of benzene rings is 2. The Hall–Kier alpha value is -3.34. The number of hydrogen-bond acceptors (Lipinski definition) is 6. The van der Waals surface area contributed by atoms with Crippen LogP contribution >= 0.6 is 11.6 Å². The van der Waals surface area contributed by atoms with Crippen molar-refractivity contribution in [2.24, 2.45) is 0 Å². The molecule has 0 unspecified atom stereocenters. The number of anilines is 1. The number of urea groups is 1. The predicted octanol–water partition coefficient (Wildman–Crippen LogP) is 1.70. The van der Waals surface area contributed by atoms with Gasteiger partial charge in [-0.3, -0.25) is 9.59 Å². The maximum absolute atomic E-state index is 13.7. The van der Waals surface area contributed by atoms with Crippen LogP contribution in [-0.2, 0) is 11.3 Å². The minimum Gasteiger partial charge on any atom is -0.491 e. The first-order valence-electron chi connectivity index (χ1n) is 12.3. The van der Waals surface area contributed by atoms with Crippen molar-refractivity contribution in [2.45, 2.75) is 19.5 Å². The lowest BCUT2D eigenvalue weighted by atomic mass is 10.1. The third-order valence-electron chi connectivity index (χ3n) is 6.50. The third kappa shape index (κ3) is 6.33. The summed E-state index contributed by atoms with van der Waals surface area (Å²) in [4.78, 5) is 44.4. The first-order chi connectivity index (χ1) is 17.9. The van der Waals surface area contributed by atoms with E-state index in [1.54, 1.807) is 32.9 Å². The lowest BCUT2D eigenvalue weighted by Crippen LogP contribution is -2.52. The van der Waals surface area contributed by atoms with Crippen LogP contribution in [0.25, 0.3) is 0 Å². The number of para-hydroxylation sites is 1. The van der Waals surface area contributed by atoms with Crippen LogP contribution in [0, 0.1) is 0 Å². The van der Waals surface area contributed by atoms with Crippen molar-refractivity contribution in [3.63, 3.8) is 0 Å². The molecule has 2 heterocycles. The van der Waals surface area contributed by atoms with E-state index < -0.39 is 0 Å². The Labute approximate surface area is 221 Å². The molecule has 198 valence electrons. The van der Waals surface area contributed by atoms with Crippen molar-refractivity contribution < 1.29 is 24.2 Å². The Balaban J connectivity index is 1.50. The Morgan fingerprint density at radius 1 is 1.16 bits per heavy atom. The van der Waals surface area contributed by atoms with Crippen LogP contribution in [0.1, 0.15) is 22.8 Å². The SMILES string of the molecule is C[C@@H]1CN(C(=O)c2ccc(OCCO)cc2Cl)c2ccccc2CN1C(=O)NCC(=O)N1CCNCC1. The van der Waals surface area contributed by atoms with E-state index in [2.05, 4.69) is 10.6 Å². The molecular formula is C26H32ClN5O5. The smallest absolute Gasteiger partial charge is 0.318 e. The molecule has 1 saturated heterocycles. The molecule has 0 spiro atoms. The van der Waals surface area contributed by atoms with Gasteiger partial charge >= 0.3 is 6.03 Å². The van der Waals surface area contributed by atoms with Gasteiger partial charge in [-0.1, -0.05) is 29.8 Å². The molecule has 0 aromatic heterocycles. The molecule has 0 radical (unpaired) electrons. The molecule has 2 aliphatic heterocycles. The van der Waals surface area contributed by atoms with Crippen molar-refractivity contribution in [1.29, 1.82) is 0 Å². The van der Waals surface area contributed by atoms with Crippen molar-refractivity contribution in [3.05, 3.63) is 58.6 Å². The van der Waals surface area contributed by atoms with Crippen LogP contribution in [-0.4, -0.2) is 91.3 Å². The van der Waals surface area contributed by atoms with Gasteiger partial charge in [-0.05, 0) is 36.8 Å². The Morgan fingerprint density at radius 2 is 1.92 bits per heavy atom. The number of halogens is 1.